The molecular formula is C22H28N2O3S. The molecule has 1 heterocycles. The molecule has 0 bridgehead atoms. The van der Waals surface area contributed by atoms with Crippen molar-refractivity contribution >= 4 is 35.3 Å². The number of thiol groups is 1. The van der Waals surface area contributed by atoms with Gasteiger partial charge in [-0.3, -0.25) is 9.59 Å². The first-order chi connectivity index (χ1) is 13.5. The van der Waals surface area contributed by atoms with Crippen molar-refractivity contribution in [3.63, 3.8) is 0 Å². The van der Waals surface area contributed by atoms with E-state index in [1.54, 1.807) is 4.90 Å². The Labute approximate surface area is 171 Å². The maximum absolute atomic E-state index is 13.0. The van der Waals surface area contributed by atoms with Gasteiger partial charge in [-0.25, -0.2) is 0 Å². The third-order valence-corrected chi connectivity index (χ3v) is 6.06. The topological polar surface area (TPSA) is 72.6 Å². The zero-order chi connectivity index (χ0) is 20.1. The van der Waals surface area contributed by atoms with Gasteiger partial charge in [0.1, 0.15) is 0 Å². The second kappa shape index (κ2) is 8.97. The maximum atomic E-state index is 13.0. The van der Waals surface area contributed by atoms with Gasteiger partial charge in [0.15, 0.2) is 0 Å². The van der Waals surface area contributed by atoms with E-state index in [4.69, 9.17) is 10.5 Å². The molecule has 1 aliphatic rings. The van der Waals surface area contributed by atoms with Crippen molar-refractivity contribution in [3.8, 4) is 0 Å². The normalized spacial score (nSPS) is 17.3. The molecule has 6 heteroatoms. The van der Waals surface area contributed by atoms with Crippen LogP contribution >= 0.6 is 12.6 Å². The predicted molar refractivity (Wildman–Crippen MR) is 114 cm³/mol. The van der Waals surface area contributed by atoms with E-state index in [-0.39, 0.29) is 11.9 Å². The summed E-state index contributed by atoms with van der Waals surface area (Å²) < 4.78 is 5.45. The quantitative estimate of drug-likeness (QED) is 0.578. The van der Waals surface area contributed by atoms with E-state index in [0.717, 1.165) is 16.3 Å². The minimum atomic E-state index is -0.623. The molecular weight excluding hydrogens is 372 g/mol. The number of rotatable bonds is 6. The van der Waals surface area contributed by atoms with E-state index in [0.29, 0.717) is 44.7 Å². The number of benzene rings is 2. The van der Waals surface area contributed by atoms with Crippen molar-refractivity contribution < 1.29 is 14.3 Å². The van der Waals surface area contributed by atoms with Gasteiger partial charge in [-0.1, -0.05) is 42.5 Å². The molecule has 1 amide bonds. The fourth-order valence-corrected chi connectivity index (χ4v) is 4.17. The standard InChI is InChI=1S/C22H28N2O3S/c1-2-27-21(26)22(10-12-24(13-11-22)20(25)19(23)15-28)14-17-8-5-7-16-6-3-4-9-18(16)17/h3-9,19,28H,2,10-15,23H2,1H3/t19-/m0/s1. The Balaban J connectivity index is 1.86. The van der Waals surface area contributed by atoms with E-state index in [1.165, 1.54) is 0 Å². The number of piperidine rings is 1. The molecule has 1 aliphatic heterocycles. The number of esters is 1. The summed E-state index contributed by atoms with van der Waals surface area (Å²) in [7, 11) is 0. The van der Waals surface area contributed by atoms with Crippen LogP contribution < -0.4 is 5.73 Å². The molecule has 1 fully saturated rings. The predicted octanol–water partition coefficient (Wildman–Crippen LogP) is 2.81. The third kappa shape index (κ3) is 4.18. The number of amides is 1. The van der Waals surface area contributed by atoms with Crippen LogP contribution in [0.5, 0.6) is 0 Å². The Bertz CT molecular complexity index is 841. The van der Waals surface area contributed by atoms with Gasteiger partial charge in [0.25, 0.3) is 0 Å². The van der Waals surface area contributed by atoms with Crippen LogP contribution in [-0.2, 0) is 20.7 Å². The summed E-state index contributed by atoms with van der Waals surface area (Å²) in [6, 6.07) is 13.8. The fourth-order valence-electron chi connectivity index (χ4n) is 4.02. The number of likely N-dealkylation sites (tertiary alicyclic amines) is 1. The van der Waals surface area contributed by atoms with Crippen molar-refractivity contribution in [2.24, 2.45) is 11.1 Å². The molecule has 0 unspecified atom stereocenters. The van der Waals surface area contributed by atoms with Crippen LogP contribution in [0.4, 0.5) is 0 Å². The van der Waals surface area contributed by atoms with Crippen LogP contribution in [0.15, 0.2) is 42.5 Å². The molecule has 1 atom stereocenters. The molecule has 2 N–H and O–H groups in total. The highest BCUT2D eigenvalue weighted by atomic mass is 32.1. The van der Waals surface area contributed by atoms with Gasteiger partial charge >= 0.3 is 5.97 Å². The summed E-state index contributed by atoms with van der Waals surface area (Å²) in [5.41, 5.74) is 6.36. The Morgan fingerprint density at radius 1 is 1.18 bits per heavy atom. The van der Waals surface area contributed by atoms with Crippen LogP contribution in [0.25, 0.3) is 10.8 Å². The van der Waals surface area contributed by atoms with Gasteiger partial charge in [0, 0.05) is 18.8 Å². The van der Waals surface area contributed by atoms with Crippen LogP contribution in [-0.4, -0.2) is 48.3 Å². The summed E-state index contributed by atoms with van der Waals surface area (Å²) in [6.07, 6.45) is 1.74. The van der Waals surface area contributed by atoms with Crippen molar-refractivity contribution in [3.05, 3.63) is 48.0 Å². The highest BCUT2D eigenvalue weighted by Gasteiger charge is 2.44. The first kappa shape index (κ1) is 20.7. The monoisotopic (exact) mass is 400 g/mol. The van der Waals surface area contributed by atoms with E-state index in [9.17, 15) is 9.59 Å². The summed E-state index contributed by atoms with van der Waals surface area (Å²) in [5.74, 6) is 0.0418. The first-order valence-electron chi connectivity index (χ1n) is 9.80. The number of nitrogens with two attached hydrogens (primary N) is 1. The third-order valence-electron chi connectivity index (χ3n) is 5.66. The summed E-state index contributed by atoms with van der Waals surface area (Å²) in [4.78, 5) is 27.1. The lowest BCUT2D eigenvalue weighted by molar-refractivity contribution is -0.160. The van der Waals surface area contributed by atoms with E-state index < -0.39 is 11.5 Å². The van der Waals surface area contributed by atoms with Crippen LogP contribution in [0.2, 0.25) is 0 Å². The molecule has 0 spiro atoms. The zero-order valence-corrected chi connectivity index (χ0v) is 17.2. The SMILES string of the molecule is CCOC(=O)C1(Cc2cccc3ccccc23)CCN(C(=O)[C@@H](N)CS)CC1. The van der Waals surface area contributed by atoms with Gasteiger partial charge in [0.05, 0.1) is 18.1 Å². The van der Waals surface area contributed by atoms with Gasteiger partial charge < -0.3 is 15.4 Å². The number of fused-ring (bicyclic) bond motifs is 1. The molecule has 5 nitrogen and oxygen atoms in total. The molecule has 28 heavy (non-hydrogen) atoms. The Kier molecular flexibility index (Phi) is 6.62. The number of nitrogens with zero attached hydrogens (tertiary/aromatic N) is 1. The minimum absolute atomic E-state index is 0.0994. The second-order valence-electron chi connectivity index (χ2n) is 7.43. The largest absolute Gasteiger partial charge is 0.466 e. The van der Waals surface area contributed by atoms with Crippen LogP contribution in [0, 0.1) is 5.41 Å². The molecule has 3 rings (SSSR count). The highest BCUT2D eigenvalue weighted by Crippen LogP contribution is 2.38. The second-order valence-corrected chi connectivity index (χ2v) is 7.80. The van der Waals surface area contributed by atoms with Crippen molar-refractivity contribution in [2.75, 3.05) is 25.4 Å². The van der Waals surface area contributed by atoms with Gasteiger partial charge in [-0.15, -0.1) is 0 Å². The first-order valence-corrected chi connectivity index (χ1v) is 10.4. The fraction of sp³-hybridized carbons (Fsp3) is 0.455. The molecule has 0 aliphatic carbocycles. The summed E-state index contributed by atoms with van der Waals surface area (Å²) >= 11 is 4.12. The Morgan fingerprint density at radius 3 is 2.54 bits per heavy atom. The average molecular weight is 401 g/mol. The van der Waals surface area contributed by atoms with E-state index in [2.05, 4.69) is 36.9 Å². The molecule has 0 radical (unpaired) electrons. The van der Waals surface area contributed by atoms with Crippen LogP contribution in [0.3, 0.4) is 0 Å². The molecule has 2 aromatic rings. The average Bonchev–Trinajstić information content (AvgIpc) is 2.73. The highest BCUT2D eigenvalue weighted by molar-refractivity contribution is 7.80. The molecule has 150 valence electrons. The lowest BCUT2D eigenvalue weighted by Gasteiger charge is -2.40. The number of hydrogen-bond acceptors (Lipinski definition) is 5. The van der Waals surface area contributed by atoms with Crippen molar-refractivity contribution in [2.45, 2.75) is 32.2 Å². The number of hydrogen-bond donors (Lipinski definition) is 2. The Hall–Kier alpha value is -2.05. The smallest absolute Gasteiger partial charge is 0.312 e. The lowest BCUT2D eigenvalue weighted by Crippen LogP contribution is -2.52. The molecule has 0 saturated carbocycles. The maximum Gasteiger partial charge on any atom is 0.312 e. The van der Waals surface area contributed by atoms with Gasteiger partial charge in [-0.2, -0.15) is 12.6 Å². The summed E-state index contributed by atoms with van der Waals surface area (Å²) in [5, 5.41) is 2.32. The van der Waals surface area contributed by atoms with E-state index in [1.807, 2.05) is 25.1 Å². The number of ether oxygens (including phenoxy) is 1. The molecule has 2 aromatic carbocycles. The molecule has 0 aromatic heterocycles. The van der Waals surface area contributed by atoms with Gasteiger partial charge in [0.2, 0.25) is 5.91 Å². The molecule has 1 saturated heterocycles. The number of carbonyl (C=O) groups excluding carboxylic acids is 2. The lowest BCUT2D eigenvalue weighted by atomic mass is 9.73. The Morgan fingerprint density at radius 2 is 1.86 bits per heavy atom. The van der Waals surface area contributed by atoms with E-state index >= 15 is 0 Å². The summed E-state index contributed by atoms with van der Waals surface area (Å²) in [6.45, 7) is 3.19. The number of carbonyl (C=O) groups is 2. The van der Waals surface area contributed by atoms with Crippen molar-refractivity contribution in [1.29, 1.82) is 0 Å². The van der Waals surface area contributed by atoms with Gasteiger partial charge in [-0.05, 0) is 42.5 Å². The van der Waals surface area contributed by atoms with Crippen molar-refractivity contribution in [1.82, 2.24) is 4.90 Å². The zero-order valence-electron chi connectivity index (χ0n) is 16.3. The minimum Gasteiger partial charge on any atom is -0.466 e. The van der Waals surface area contributed by atoms with Crippen LogP contribution in [0.1, 0.15) is 25.3 Å².